The van der Waals surface area contributed by atoms with E-state index in [9.17, 15) is 9.90 Å². The molecule has 1 unspecified atom stereocenters. The maximum Gasteiger partial charge on any atom is 0.276 e. The van der Waals surface area contributed by atoms with Crippen molar-refractivity contribution < 1.29 is 5.11 Å². The monoisotopic (exact) mass is 387 g/mol. The van der Waals surface area contributed by atoms with E-state index in [2.05, 4.69) is 18.1 Å². The lowest BCUT2D eigenvalue weighted by atomic mass is 9.97. The van der Waals surface area contributed by atoms with Gasteiger partial charge in [0.25, 0.3) is 5.56 Å². The number of hydrogen-bond donors (Lipinski definition) is 1. The highest BCUT2D eigenvalue weighted by Gasteiger charge is 2.15. The molecule has 29 heavy (non-hydrogen) atoms. The lowest BCUT2D eigenvalue weighted by Gasteiger charge is -2.17. The second-order valence-electron chi connectivity index (χ2n) is 7.79. The fraction of sp³-hybridized carbons (Fsp3) is 0.250. The molecule has 0 spiro atoms. The van der Waals surface area contributed by atoms with E-state index in [4.69, 9.17) is 0 Å². The minimum Gasteiger partial charge on any atom is -0.387 e. The first-order chi connectivity index (χ1) is 13.8. The molecule has 0 saturated carbocycles. The molecule has 5 heteroatoms. The van der Waals surface area contributed by atoms with Gasteiger partial charge in [-0.2, -0.15) is 5.10 Å². The van der Waals surface area contributed by atoms with Gasteiger partial charge in [-0.05, 0) is 56.0 Å². The molecule has 2 aromatic heterocycles. The van der Waals surface area contributed by atoms with E-state index in [1.54, 1.807) is 27.5 Å². The second-order valence-corrected chi connectivity index (χ2v) is 7.79. The van der Waals surface area contributed by atoms with E-state index < -0.39 is 6.10 Å². The van der Waals surface area contributed by atoms with Crippen molar-refractivity contribution in [1.29, 1.82) is 0 Å². The molecule has 4 rings (SSSR count). The number of aliphatic hydroxyl groups is 1. The van der Waals surface area contributed by atoms with E-state index in [0.717, 1.165) is 27.9 Å². The summed E-state index contributed by atoms with van der Waals surface area (Å²) in [5.74, 6) is 0. The summed E-state index contributed by atoms with van der Waals surface area (Å²) in [5.41, 5.74) is 7.43. The van der Waals surface area contributed by atoms with Crippen molar-refractivity contribution in [3.63, 3.8) is 0 Å². The Bertz CT molecular complexity index is 1250. The zero-order chi connectivity index (χ0) is 20.7. The fourth-order valence-corrected chi connectivity index (χ4v) is 3.66. The van der Waals surface area contributed by atoms with E-state index in [-0.39, 0.29) is 12.1 Å². The van der Waals surface area contributed by atoms with Crippen LogP contribution in [0.25, 0.3) is 16.8 Å². The Morgan fingerprint density at radius 2 is 1.62 bits per heavy atom. The standard InChI is InChI=1S/C24H25N3O2/c1-15-5-7-19(8-6-15)21-13-22-24(29)26(9-10-27(22)25-21)14-23(28)20-12-17(3)16(2)11-18(20)4/h5-13,23,28H,14H2,1-4H3. The van der Waals surface area contributed by atoms with Crippen LogP contribution in [-0.2, 0) is 6.54 Å². The molecular weight excluding hydrogens is 362 g/mol. The summed E-state index contributed by atoms with van der Waals surface area (Å²) < 4.78 is 3.15. The van der Waals surface area contributed by atoms with Gasteiger partial charge in [-0.15, -0.1) is 0 Å². The predicted octanol–water partition coefficient (Wildman–Crippen LogP) is 4.13. The quantitative estimate of drug-likeness (QED) is 0.573. The lowest BCUT2D eigenvalue weighted by Crippen LogP contribution is -2.24. The molecule has 1 N–H and O–H groups in total. The molecule has 2 heterocycles. The zero-order valence-corrected chi connectivity index (χ0v) is 17.2. The van der Waals surface area contributed by atoms with E-state index in [0.29, 0.717) is 5.52 Å². The third-order valence-corrected chi connectivity index (χ3v) is 5.56. The number of hydrogen-bond acceptors (Lipinski definition) is 3. The van der Waals surface area contributed by atoms with Gasteiger partial charge >= 0.3 is 0 Å². The first-order valence-electron chi connectivity index (χ1n) is 9.75. The normalized spacial score (nSPS) is 12.4. The van der Waals surface area contributed by atoms with Crippen LogP contribution in [0.1, 0.15) is 33.9 Å². The topological polar surface area (TPSA) is 59.5 Å². The van der Waals surface area contributed by atoms with Crippen LogP contribution in [0.15, 0.2) is 59.7 Å². The minimum atomic E-state index is -0.756. The van der Waals surface area contributed by atoms with Gasteiger partial charge in [-0.25, -0.2) is 4.52 Å². The Morgan fingerprint density at radius 3 is 2.34 bits per heavy atom. The van der Waals surface area contributed by atoms with Gasteiger partial charge in [-0.1, -0.05) is 42.0 Å². The van der Waals surface area contributed by atoms with Crippen LogP contribution in [-0.4, -0.2) is 19.3 Å². The van der Waals surface area contributed by atoms with Crippen molar-refractivity contribution in [1.82, 2.24) is 14.2 Å². The molecule has 0 aliphatic heterocycles. The van der Waals surface area contributed by atoms with Crippen molar-refractivity contribution in [3.05, 3.63) is 93.0 Å². The zero-order valence-electron chi connectivity index (χ0n) is 17.2. The van der Waals surface area contributed by atoms with Crippen molar-refractivity contribution in [3.8, 4) is 11.3 Å². The van der Waals surface area contributed by atoms with Gasteiger partial charge in [0.05, 0.1) is 18.3 Å². The van der Waals surface area contributed by atoms with Crippen molar-refractivity contribution in [2.24, 2.45) is 0 Å². The molecular formula is C24H25N3O2. The van der Waals surface area contributed by atoms with E-state index in [1.807, 2.05) is 51.1 Å². The highest BCUT2D eigenvalue weighted by atomic mass is 16.3. The Kier molecular flexibility index (Phi) is 4.84. The number of aromatic nitrogens is 3. The van der Waals surface area contributed by atoms with Crippen LogP contribution in [0.2, 0.25) is 0 Å². The van der Waals surface area contributed by atoms with Gasteiger partial charge in [0.15, 0.2) is 0 Å². The van der Waals surface area contributed by atoms with Gasteiger partial charge in [0, 0.05) is 18.0 Å². The molecule has 0 saturated heterocycles. The number of aryl methyl sites for hydroxylation is 4. The van der Waals surface area contributed by atoms with Crippen LogP contribution in [0.4, 0.5) is 0 Å². The van der Waals surface area contributed by atoms with Gasteiger partial charge in [0.2, 0.25) is 0 Å². The first kappa shape index (κ1) is 19.2. The molecule has 5 nitrogen and oxygen atoms in total. The molecule has 148 valence electrons. The summed E-state index contributed by atoms with van der Waals surface area (Å²) in [6.45, 7) is 8.31. The van der Waals surface area contributed by atoms with Crippen molar-refractivity contribution in [2.45, 2.75) is 40.3 Å². The number of benzene rings is 2. The Balaban J connectivity index is 1.68. The van der Waals surface area contributed by atoms with Crippen molar-refractivity contribution >= 4 is 5.52 Å². The smallest absolute Gasteiger partial charge is 0.276 e. The van der Waals surface area contributed by atoms with Gasteiger partial charge < -0.3 is 9.67 Å². The Labute approximate surface area is 169 Å². The maximum atomic E-state index is 13.0. The predicted molar refractivity (Wildman–Crippen MR) is 115 cm³/mol. The first-order valence-corrected chi connectivity index (χ1v) is 9.75. The molecule has 0 bridgehead atoms. The highest BCUT2D eigenvalue weighted by molar-refractivity contribution is 5.65. The van der Waals surface area contributed by atoms with E-state index >= 15 is 0 Å². The van der Waals surface area contributed by atoms with Crippen LogP contribution >= 0.6 is 0 Å². The summed E-state index contributed by atoms with van der Waals surface area (Å²) in [6, 6.07) is 13.9. The summed E-state index contributed by atoms with van der Waals surface area (Å²) in [4.78, 5) is 13.0. The number of rotatable bonds is 4. The lowest BCUT2D eigenvalue weighted by molar-refractivity contribution is 0.154. The molecule has 1 atom stereocenters. The molecule has 0 aliphatic rings. The molecule has 4 aromatic rings. The van der Waals surface area contributed by atoms with Crippen LogP contribution in [0, 0.1) is 27.7 Å². The molecule has 0 amide bonds. The summed E-state index contributed by atoms with van der Waals surface area (Å²) in [6.07, 6.45) is 2.68. The van der Waals surface area contributed by atoms with Gasteiger partial charge in [-0.3, -0.25) is 4.79 Å². The van der Waals surface area contributed by atoms with Crippen LogP contribution < -0.4 is 5.56 Å². The minimum absolute atomic E-state index is 0.168. The summed E-state index contributed by atoms with van der Waals surface area (Å²) >= 11 is 0. The number of aliphatic hydroxyl groups excluding tert-OH is 1. The Morgan fingerprint density at radius 1 is 0.931 bits per heavy atom. The number of fused-ring (bicyclic) bond motifs is 1. The second kappa shape index (κ2) is 7.33. The summed E-state index contributed by atoms with van der Waals surface area (Å²) in [7, 11) is 0. The fourth-order valence-electron chi connectivity index (χ4n) is 3.66. The molecule has 2 aromatic carbocycles. The average Bonchev–Trinajstić information content (AvgIpc) is 3.12. The average molecular weight is 387 g/mol. The van der Waals surface area contributed by atoms with Crippen LogP contribution in [0.5, 0.6) is 0 Å². The third kappa shape index (κ3) is 3.61. The highest BCUT2D eigenvalue weighted by Crippen LogP contribution is 2.23. The SMILES string of the molecule is Cc1ccc(-c2cc3c(=O)n(CC(O)c4cc(C)c(C)cc4C)ccn3n2)cc1. The summed E-state index contributed by atoms with van der Waals surface area (Å²) in [5, 5.41) is 15.3. The van der Waals surface area contributed by atoms with Crippen molar-refractivity contribution in [2.75, 3.05) is 0 Å². The largest absolute Gasteiger partial charge is 0.387 e. The third-order valence-electron chi connectivity index (χ3n) is 5.56. The van der Waals surface area contributed by atoms with E-state index in [1.165, 1.54) is 11.1 Å². The Hall–Kier alpha value is -3.18. The maximum absolute atomic E-state index is 13.0. The van der Waals surface area contributed by atoms with Gasteiger partial charge in [0.1, 0.15) is 5.52 Å². The number of nitrogens with zero attached hydrogens (tertiary/aromatic N) is 3. The molecule has 0 aliphatic carbocycles. The molecule has 0 fully saturated rings. The molecule has 0 radical (unpaired) electrons. The van der Waals surface area contributed by atoms with Crippen LogP contribution in [0.3, 0.4) is 0 Å².